The van der Waals surface area contributed by atoms with Crippen LogP contribution in [0.3, 0.4) is 0 Å². The molecule has 0 spiro atoms. The van der Waals surface area contributed by atoms with E-state index in [2.05, 4.69) is 0 Å². The summed E-state index contributed by atoms with van der Waals surface area (Å²) in [4.78, 5) is 0. The van der Waals surface area contributed by atoms with Gasteiger partial charge < -0.3 is 0 Å². The highest BCUT2D eigenvalue weighted by Gasteiger charge is 2.00. The lowest BCUT2D eigenvalue weighted by atomic mass is 10.2. The number of halogens is 3. The second-order valence-electron chi connectivity index (χ2n) is 2.19. The summed E-state index contributed by atoms with van der Waals surface area (Å²) in [6.07, 6.45) is 0.568. The predicted molar refractivity (Wildman–Crippen MR) is 40.8 cm³/mol. The van der Waals surface area contributed by atoms with Crippen molar-refractivity contribution in [3.63, 3.8) is 0 Å². The molecule has 0 amide bonds. The van der Waals surface area contributed by atoms with Gasteiger partial charge in [-0.3, -0.25) is 0 Å². The monoisotopic (exact) mass is 176 g/mol. The van der Waals surface area contributed by atoms with Crippen LogP contribution in [-0.2, 0) is 6.42 Å². The summed E-state index contributed by atoms with van der Waals surface area (Å²) in [5, 5.41) is 0. The number of hydrogen-bond donors (Lipinski definition) is 0. The molecule has 1 aromatic carbocycles. The van der Waals surface area contributed by atoms with Crippen LogP contribution in [0.5, 0.6) is 0 Å². The Morgan fingerprint density at radius 1 is 1.18 bits per heavy atom. The number of benzene rings is 1. The third-order valence-corrected chi connectivity index (χ3v) is 1.56. The molecule has 0 radical (unpaired) electrons. The van der Waals surface area contributed by atoms with Crippen molar-refractivity contribution in [1.82, 2.24) is 0 Å². The van der Waals surface area contributed by atoms with Crippen molar-refractivity contribution < 1.29 is 8.78 Å². The van der Waals surface area contributed by atoms with Crippen molar-refractivity contribution in [2.45, 2.75) is 6.42 Å². The molecule has 0 aliphatic carbocycles. The van der Waals surface area contributed by atoms with Crippen molar-refractivity contribution in [2.75, 3.05) is 5.88 Å². The molecule has 0 aliphatic heterocycles. The van der Waals surface area contributed by atoms with Gasteiger partial charge in [0.25, 0.3) is 0 Å². The van der Waals surface area contributed by atoms with Gasteiger partial charge in [0, 0.05) is 5.88 Å². The normalized spacial score (nSPS) is 10.1. The highest BCUT2D eigenvalue weighted by Crippen LogP contribution is 2.09. The summed E-state index contributed by atoms with van der Waals surface area (Å²) in [5.74, 6) is -1.21. The summed E-state index contributed by atoms with van der Waals surface area (Å²) in [5.41, 5.74) is 0.721. The Labute approximate surface area is 68.8 Å². The van der Waals surface area contributed by atoms with Crippen LogP contribution in [0.15, 0.2) is 18.2 Å². The zero-order valence-corrected chi connectivity index (χ0v) is 6.54. The molecule has 0 aromatic heterocycles. The maximum absolute atomic E-state index is 12.5. The summed E-state index contributed by atoms with van der Waals surface area (Å²) < 4.78 is 24.8. The van der Waals surface area contributed by atoms with Crippen LogP contribution in [0.25, 0.3) is 0 Å². The maximum Gasteiger partial charge on any atom is 0.159 e. The van der Waals surface area contributed by atoms with Gasteiger partial charge in [0.1, 0.15) is 0 Å². The van der Waals surface area contributed by atoms with E-state index in [0.29, 0.717) is 12.3 Å². The lowest BCUT2D eigenvalue weighted by Gasteiger charge is -1.97. The van der Waals surface area contributed by atoms with Crippen molar-refractivity contribution in [3.8, 4) is 0 Å². The van der Waals surface area contributed by atoms with Gasteiger partial charge in [0.2, 0.25) is 0 Å². The van der Waals surface area contributed by atoms with Crippen molar-refractivity contribution in [1.29, 1.82) is 0 Å². The fourth-order valence-electron chi connectivity index (χ4n) is 0.804. The molecule has 0 aliphatic rings. The quantitative estimate of drug-likeness (QED) is 0.608. The molecule has 11 heavy (non-hydrogen) atoms. The number of aryl methyl sites for hydroxylation is 1. The Balaban J connectivity index is 2.86. The van der Waals surface area contributed by atoms with Crippen LogP contribution in [0, 0.1) is 11.6 Å². The van der Waals surface area contributed by atoms with Crippen molar-refractivity contribution >= 4 is 11.6 Å². The molecule has 0 unspecified atom stereocenters. The number of rotatable bonds is 2. The number of hydrogen-bond acceptors (Lipinski definition) is 0. The highest BCUT2D eigenvalue weighted by molar-refractivity contribution is 6.17. The topological polar surface area (TPSA) is 0 Å². The van der Waals surface area contributed by atoms with E-state index < -0.39 is 11.6 Å². The largest absolute Gasteiger partial charge is 0.204 e. The molecule has 0 N–H and O–H groups in total. The molecular weight excluding hydrogens is 170 g/mol. The van der Waals surface area contributed by atoms with E-state index in [1.165, 1.54) is 6.07 Å². The lowest BCUT2D eigenvalue weighted by Crippen LogP contribution is -1.89. The maximum atomic E-state index is 12.5. The van der Waals surface area contributed by atoms with E-state index in [4.69, 9.17) is 11.6 Å². The minimum absolute atomic E-state index is 0.422. The fourth-order valence-corrected chi connectivity index (χ4v) is 1.02. The molecule has 0 saturated carbocycles. The summed E-state index contributed by atoms with van der Waals surface area (Å²) in [6.45, 7) is 0. The van der Waals surface area contributed by atoms with E-state index in [9.17, 15) is 8.78 Å². The summed E-state index contributed by atoms with van der Waals surface area (Å²) >= 11 is 5.41. The van der Waals surface area contributed by atoms with Crippen molar-refractivity contribution in [2.24, 2.45) is 0 Å². The van der Waals surface area contributed by atoms with Gasteiger partial charge in [-0.1, -0.05) is 6.07 Å². The van der Waals surface area contributed by atoms with Crippen molar-refractivity contribution in [3.05, 3.63) is 35.4 Å². The third kappa shape index (κ3) is 2.15. The smallest absolute Gasteiger partial charge is 0.159 e. The van der Waals surface area contributed by atoms with Gasteiger partial charge in [0.05, 0.1) is 0 Å². The van der Waals surface area contributed by atoms with Crippen LogP contribution in [0.1, 0.15) is 5.56 Å². The van der Waals surface area contributed by atoms with E-state index >= 15 is 0 Å². The fraction of sp³-hybridized carbons (Fsp3) is 0.250. The van der Waals surface area contributed by atoms with Crippen LogP contribution < -0.4 is 0 Å². The van der Waals surface area contributed by atoms with E-state index in [1.54, 1.807) is 0 Å². The molecule has 0 bridgehead atoms. The highest BCUT2D eigenvalue weighted by atomic mass is 35.5. The molecule has 0 atom stereocenters. The molecule has 0 nitrogen and oxygen atoms in total. The Morgan fingerprint density at radius 2 is 1.91 bits per heavy atom. The standard InChI is InChI=1S/C8H7ClF2/c9-4-3-6-1-2-7(10)8(11)5-6/h1-2,5H,3-4H2. The number of alkyl halides is 1. The predicted octanol–water partition coefficient (Wildman–Crippen LogP) is 2.75. The zero-order chi connectivity index (χ0) is 8.27. The van der Waals surface area contributed by atoms with Gasteiger partial charge in [-0.05, 0) is 24.1 Å². The molecule has 1 aromatic rings. The third-order valence-electron chi connectivity index (χ3n) is 1.37. The first-order valence-corrected chi connectivity index (χ1v) is 3.77. The first-order valence-electron chi connectivity index (χ1n) is 3.24. The average molecular weight is 177 g/mol. The van der Waals surface area contributed by atoms with Gasteiger partial charge in [-0.2, -0.15) is 0 Å². The second kappa shape index (κ2) is 3.67. The van der Waals surface area contributed by atoms with E-state index in [0.717, 1.165) is 17.7 Å². The summed E-state index contributed by atoms with van der Waals surface area (Å²) in [7, 11) is 0. The Bertz CT molecular complexity index is 248. The molecule has 0 heterocycles. The Morgan fingerprint density at radius 3 is 2.45 bits per heavy atom. The molecule has 3 heteroatoms. The average Bonchev–Trinajstić information content (AvgIpc) is 1.98. The first kappa shape index (κ1) is 8.47. The van der Waals surface area contributed by atoms with Gasteiger partial charge >= 0.3 is 0 Å². The Hall–Kier alpha value is -0.630. The molecule has 0 fully saturated rings. The molecule has 60 valence electrons. The Kier molecular flexibility index (Phi) is 2.83. The van der Waals surface area contributed by atoms with Crippen LogP contribution >= 0.6 is 11.6 Å². The van der Waals surface area contributed by atoms with Gasteiger partial charge in [-0.15, -0.1) is 11.6 Å². The van der Waals surface area contributed by atoms with Crippen LogP contribution in [0.2, 0.25) is 0 Å². The zero-order valence-electron chi connectivity index (χ0n) is 5.78. The van der Waals surface area contributed by atoms with E-state index in [-0.39, 0.29) is 0 Å². The van der Waals surface area contributed by atoms with Gasteiger partial charge in [0.15, 0.2) is 11.6 Å². The molecule has 0 saturated heterocycles. The summed E-state index contributed by atoms with van der Waals surface area (Å²) in [6, 6.07) is 3.80. The van der Waals surface area contributed by atoms with Crippen LogP contribution in [-0.4, -0.2) is 5.88 Å². The lowest BCUT2D eigenvalue weighted by molar-refractivity contribution is 0.507. The second-order valence-corrected chi connectivity index (χ2v) is 2.57. The SMILES string of the molecule is Fc1ccc(CCCl)cc1F. The molecular formula is C8H7ClF2. The van der Waals surface area contributed by atoms with Crippen LogP contribution in [0.4, 0.5) is 8.78 Å². The molecule has 1 rings (SSSR count). The van der Waals surface area contributed by atoms with E-state index in [1.807, 2.05) is 0 Å². The minimum atomic E-state index is -0.816. The first-order chi connectivity index (χ1) is 5.24. The van der Waals surface area contributed by atoms with Gasteiger partial charge in [-0.25, -0.2) is 8.78 Å². The minimum Gasteiger partial charge on any atom is -0.204 e.